The highest BCUT2D eigenvalue weighted by Gasteiger charge is 2.21. The van der Waals surface area contributed by atoms with Gasteiger partial charge in [0.15, 0.2) is 0 Å². The van der Waals surface area contributed by atoms with Gasteiger partial charge >= 0.3 is 12.1 Å². The van der Waals surface area contributed by atoms with Crippen LogP contribution in [0.25, 0.3) is 0 Å². The van der Waals surface area contributed by atoms with E-state index in [9.17, 15) is 19.2 Å². The first-order valence-corrected chi connectivity index (χ1v) is 8.27. The van der Waals surface area contributed by atoms with E-state index in [4.69, 9.17) is 4.74 Å². The van der Waals surface area contributed by atoms with E-state index in [1.165, 1.54) is 38.3 Å². The molecule has 0 spiro atoms. The predicted octanol–water partition coefficient (Wildman–Crippen LogP) is 1.44. The molecule has 3 N–H and O–H groups in total. The van der Waals surface area contributed by atoms with Crippen molar-refractivity contribution in [2.45, 2.75) is 39.3 Å². The summed E-state index contributed by atoms with van der Waals surface area (Å²) in [4.78, 5) is 46.7. The first kappa shape index (κ1) is 21.9. The highest BCUT2D eigenvalue weighted by molar-refractivity contribution is 5.98. The summed E-state index contributed by atoms with van der Waals surface area (Å²) in [5.41, 5.74) is 0.101. The van der Waals surface area contributed by atoms with Gasteiger partial charge in [0.25, 0.3) is 5.91 Å². The molecule has 9 nitrogen and oxygen atoms in total. The van der Waals surface area contributed by atoms with Crippen LogP contribution in [0.4, 0.5) is 10.5 Å². The zero-order valence-electron chi connectivity index (χ0n) is 16.0. The molecule has 0 aliphatic rings. The fourth-order valence-electron chi connectivity index (χ4n) is 1.83. The number of alkyl carbamates (subject to hydrolysis) is 1. The lowest BCUT2D eigenvalue weighted by atomic mass is 10.2. The van der Waals surface area contributed by atoms with Gasteiger partial charge < -0.3 is 25.4 Å². The van der Waals surface area contributed by atoms with Gasteiger partial charge in [0.2, 0.25) is 5.91 Å². The molecule has 27 heavy (non-hydrogen) atoms. The fourth-order valence-corrected chi connectivity index (χ4v) is 1.83. The van der Waals surface area contributed by atoms with Gasteiger partial charge in [0.1, 0.15) is 18.2 Å². The van der Waals surface area contributed by atoms with Crippen molar-refractivity contribution in [3.8, 4) is 0 Å². The molecule has 0 aliphatic heterocycles. The van der Waals surface area contributed by atoms with Crippen LogP contribution in [-0.4, -0.2) is 49.2 Å². The highest BCUT2D eigenvalue weighted by atomic mass is 16.6. The van der Waals surface area contributed by atoms with Crippen molar-refractivity contribution < 1.29 is 28.7 Å². The molecule has 1 aromatic rings. The van der Waals surface area contributed by atoms with Gasteiger partial charge in [0.05, 0.1) is 7.11 Å². The molecular formula is C18H25N3O6. The van der Waals surface area contributed by atoms with E-state index in [-0.39, 0.29) is 6.54 Å². The third-order valence-electron chi connectivity index (χ3n) is 3.16. The maximum atomic E-state index is 12.1. The number of hydrogen-bond acceptors (Lipinski definition) is 6. The summed E-state index contributed by atoms with van der Waals surface area (Å²) in [6, 6.07) is 5.24. The largest absolute Gasteiger partial charge is 0.468 e. The topological polar surface area (TPSA) is 123 Å². The van der Waals surface area contributed by atoms with E-state index >= 15 is 0 Å². The van der Waals surface area contributed by atoms with Gasteiger partial charge in [-0.15, -0.1) is 0 Å². The van der Waals surface area contributed by atoms with Crippen LogP contribution < -0.4 is 16.0 Å². The molecule has 0 saturated heterocycles. The maximum Gasteiger partial charge on any atom is 0.408 e. The van der Waals surface area contributed by atoms with Crippen molar-refractivity contribution in [3.63, 3.8) is 0 Å². The van der Waals surface area contributed by atoms with E-state index in [0.29, 0.717) is 11.3 Å². The molecule has 0 aliphatic carbocycles. The Morgan fingerprint density at radius 3 is 2.19 bits per heavy atom. The standard InChI is InChI=1S/C18H25N3O6/c1-11(20-17(25)27-18(2,3)4)15(23)21-13-8-6-12(7-9-13)16(24)19-10-14(22)26-5/h6-9,11H,10H2,1-5H3,(H,19,24)(H,20,25)(H,21,23)/t11-/m1/s1. The Bertz CT molecular complexity index is 694. The summed E-state index contributed by atoms with van der Waals surface area (Å²) in [5, 5.41) is 7.46. The third-order valence-corrected chi connectivity index (χ3v) is 3.16. The quantitative estimate of drug-likeness (QED) is 0.643. The van der Waals surface area contributed by atoms with Crippen LogP contribution in [0.5, 0.6) is 0 Å². The summed E-state index contributed by atoms with van der Waals surface area (Å²) < 4.78 is 9.53. The monoisotopic (exact) mass is 379 g/mol. The second-order valence-electron chi connectivity index (χ2n) is 6.69. The normalized spacial score (nSPS) is 11.7. The van der Waals surface area contributed by atoms with Crippen molar-refractivity contribution in [1.82, 2.24) is 10.6 Å². The number of rotatable bonds is 6. The Kier molecular flexibility index (Phi) is 7.77. The van der Waals surface area contributed by atoms with Gasteiger partial charge in [0, 0.05) is 11.3 Å². The molecule has 9 heteroatoms. The molecule has 0 radical (unpaired) electrons. The number of amides is 3. The van der Waals surface area contributed by atoms with Gasteiger partial charge in [-0.1, -0.05) is 0 Å². The Morgan fingerprint density at radius 1 is 1.07 bits per heavy atom. The average Bonchev–Trinajstić information content (AvgIpc) is 2.58. The first-order chi connectivity index (χ1) is 12.5. The maximum absolute atomic E-state index is 12.1. The summed E-state index contributed by atoms with van der Waals surface area (Å²) in [5.74, 6) is -1.44. The second kappa shape index (κ2) is 9.56. The SMILES string of the molecule is COC(=O)CNC(=O)c1ccc(NC(=O)[C@@H](C)NC(=O)OC(C)(C)C)cc1. The predicted molar refractivity (Wildman–Crippen MR) is 98.3 cm³/mol. The summed E-state index contributed by atoms with van der Waals surface area (Å²) in [6.07, 6.45) is -0.692. The minimum absolute atomic E-state index is 0.234. The van der Waals surface area contributed by atoms with Crippen LogP contribution in [0.15, 0.2) is 24.3 Å². The average molecular weight is 379 g/mol. The zero-order valence-corrected chi connectivity index (χ0v) is 16.0. The van der Waals surface area contributed by atoms with Crippen LogP contribution >= 0.6 is 0 Å². The molecule has 148 valence electrons. The Labute approximate surface area is 157 Å². The lowest BCUT2D eigenvalue weighted by Crippen LogP contribution is -2.43. The van der Waals surface area contributed by atoms with Crippen molar-refractivity contribution in [1.29, 1.82) is 0 Å². The van der Waals surface area contributed by atoms with E-state index in [1.54, 1.807) is 20.8 Å². The van der Waals surface area contributed by atoms with Crippen LogP contribution in [0.3, 0.4) is 0 Å². The molecule has 0 bridgehead atoms. The summed E-state index contributed by atoms with van der Waals surface area (Å²) >= 11 is 0. The van der Waals surface area contributed by atoms with E-state index < -0.39 is 35.5 Å². The van der Waals surface area contributed by atoms with Crippen LogP contribution in [0.1, 0.15) is 38.1 Å². The minimum atomic E-state index is -0.817. The van der Waals surface area contributed by atoms with Crippen molar-refractivity contribution in [3.05, 3.63) is 29.8 Å². The molecule has 1 rings (SSSR count). The molecular weight excluding hydrogens is 354 g/mol. The van der Waals surface area contributed by atoms with Crippen molar-refractivity contribution >= 4 is 29.6 Å². The lowest BCUT2D eigenvalue weighted by molar-refractivity contribution is -0.139. The fraction of sp³-hybridized carbons (Fsp3) is 0.444. The molecule has 3 amide bonds. The summed E-state index contributed by atoms with van der Waals surface area (Å²) in [7, 11) is 1.23. The first-order valence-electron chi connectivity index (χ1n) is 8.27. The third kappa shape index (κ3) is 8.21. The van der Waals surface area contributed by atoms with Gasteiger partial charge in [-0.3, -0.25) is 14.4 Å². The number of carbonyl (C=O) groups is 4. The molecule has 1 aromatic carbocycles. The number of methoxy groups -OCH3 is 1. The number of ether oxygens (including phenoxy) is 2. The summed E-state index contributed by atoms with van der Waals surface area (Å²) in [6.45, 7) is 6.45. The van der Waals surface area contributed by atoms with E-state index in [2.05, 4.69) is 20.7 Å². The number of hydrogen-bond donors (Lipinski definition) is 3. The van der Waals surface area contributed by atoms with E-state index in [0.717, 1.165) is 0 Å². The number of esters is 1. The molecule has 0 fully saturated rings. The van der Waals surface area contributed by atoms with Crippen molar-refractivity contribution in [2.24, 2.45) is 0 Å². The highest BCUT2D eigenvalue weighted by Crippen LogP contribution is 2.11. The number of nitrogens with one attached hydrogen (secondary N) is 3. The Morgan fingerprint density at radius 2 is 1.67 bits per heavy atom. The van der Waals surface area contributed by atoms with Crippen LogP contribution in [0, 0.1) is 0 Å². The second-order valence-corrected chi connectivity index (χ2v) is 6.69. The molecule has 0 unspecified atom stereocenters. The lowest BCUT2D eigenvalue weighted by Gasteiger charge is -2.21. The number of benzene rings is 1. The smallest absolute Gasteiger partial charge is 0.408 e. The van der Waals surface area contributed by atoms with Gasteiger partial charge in [-0.25, -0.2) is 4.79 Å². The van der Waals surface area contributed by atoms with Crippen LogP contribution in [-0.2, 0) is 19.1 Å². The molecule has 0 saturated carbocycles. The van der Waals surface area contributed by atoms with Crippen molar-refractivity contribution in [2.75, 3.05) is 19.0 Å². The molecule has 1 atom stereocenters. The molecule has 0 heterocycles. The van der Waals surface area contributed by atoms with Gasteiger partial charge in [-0.2, -0.15) is 0 Å². The number of anilines is 1. The Hall–Kier alpha value is -3.10. The Balaban J connectivity index is 2.56. The zero-order chi connectivity index (χ0) is 20.6. The van der Waals surface area contributed by atoms with Crippen LogP contribution in [0.2, 0.25) is 0 Å². The number of carbonyl (C=O) groups excluding carboxylic acids is 4. The minimum Gasteiger partial charge on any atom is -0.468 e. The molecule has 0 aromatic heterocycles. The van der Waals surface area contributed by atoms with Gasteiger partial charge in [-0.05, 0) is 52.0 Å². The van der Waals surface area contributed by atoms with E-state index in [1.807, 2.05) is 0 Å².